The van der Waals surface area contributed by atoms with Crippen LogP contribution in [-0.4, -0.2) is 5.90 Å². The highest BCUT2D eigenvalue weighted by Crippen LogP contribution is 2.47. The Balaban J connectivity index is 1.80. The van der Waals surface area contributed by atoms with Crippen molar-refractivity contribution < 1.29 is 4.74 Å². The molecule has 0 unspecified atom stereocenters. The summed E-state index contributed by atoms with van der Waals surface area (Å²) in [6.07, 6.45) is 0. The lowest BCUT2D eigenvalue weighted by molar-refractivity contribution is 0.264. The standard InChI is InChI=1S/C21H20N4O/c1-13(14-8-4-2-5-9-14)17-16(12-22)20(23)26-21-18(17)19(24-25-21)15-10-6-3-7-11-15/h2-11,13,17-19,24H,23H2,1H3/t13-,17+,18+,19-/m0/s1. The fourth-order valence-electron chi connectivity index (χ4n) is 3.99. The fraction of sp³-hybridized carbons (Fsp3) is 0.238. The zero-order valence-electron chi connectivity index (χ0n) is 14.5. The van der Waals surface area contributed by atoms with E-state index in [2.05, 4.69) is 47.8 Å². The molecule has 0 aliphatic carbocycles. The molecule has 26 heavy (non-hydrogen) atoms. The van der Waals surface area contributed by atoms with Crippen molar-refractivity contribution in [3.63, 3.8) is 0 Å². The van der Waals surface area contributed by atoms with Crippen LogP contribution in [0.15, 0.2) is 77.2 Å². The number of benzene rings is 2. The highest BCUT2D eigenvalue weighted by Gasteiger charge is 2.48. The highest BCUT2D eigenvalue weighted by atomic mass is 16.5. The molecule has 5 nitrogen and oxygen atoms in total. The number of nitrogens with two attached hydrogens (primary N) is 1. The maximum absolute atomic E-state index is 9.78. The summed E-state index contributed by atoms with van der Waals surface area (Å²) in [6, 6.07) is 22.5. The van der Waals surface area contributed by atoms with E-state index in [1.165, 1.54) is 0 Å². The Morgan fingerprint density at radius 3 is 2.42 bits per heavy atom. The van der Waals surface area contributed by atoms with Gasteiger partial charge in [-0.2, -0.15) is 5.26 Å². The Labute approximate surface area is 152 Å². The van der Waals surface area contributed by atoms with Crippen molar-refractivity contribution in [2.75, 3.05) is 0 Å². The molecular formula is C21H20N4O. The van der Waals surface area contributed by atoms with Gasteiger partial charge < -0.3 is 10.5 Å². The van der Waals surface area contributed by atoms with Gasteiger partial charge in [0.05, 0.1) is 17.5 Å². The third-order valence-corrected chi connectivity index (χ3v) is 5.30. The van der Waals surface area contributed by atoms with E-state index in [-0.39, 0.29) is 29.7 Å². The molecule has 4 rings (SSSR count). The summed E-state index contributed by atoms with van der Waals surface area (Å²) in [4.78, 5) is 0. The summed E-state index contributed by atoms with van der Waals surface area (Å²) in [7, 11) is 0. The van der Waals surface area contributed by atoms with E-state index in [4.69, 9.17) is 10.5 Å². The SMILES string of the molecule is C[C@@H](c1ccccc1)[C@@H]1C(C#N)=C(N)OC2=NN[C@@H](c3ccccc3)[C@H]21. The van der Waals surface area contributed by atoms with Crippen molar-refractivity contribution in [3.8, 4) is 6.07 Å². The average Bonchev–Trinajstić information content (AvgIpc) is 3.11. The normalized spacial score (nSPS) is 25.4. The molecule has 0 aromatic heterocycles. The van der Waals surface area contributed by atoms with Gasteiger partial charge in [0.1, 0.15) is 6.07 Å². The van der Waals surface area contributed by atoms with Gasteiger partial charge in [-0.05, 0) is 17.0 Å². The number of nitrogens with one attached hydrogen (secondary N) is 1. The van der Waals surface area contributed by atoms with Crippen LogP contribution in [0.4, 0.5) is 0 Å². The molecule has 0 fully saturated rings. The number of rotatable bonds is 3. The van der Waals surface area contributed by atoms with Gasteiger partial charge >= 0.3 is 0 Å². The van der Waals surface area contributed by atoms with E-state index >= 15 is 0 Å². The summed E-state index contributed by atoms with van der Waals surface area (Å²) >= 11 is 0. The number of hydrogen-bond donors (Lipinski definition) is 2. The molecule has 130 valence electrons. The lowest BCUT2D eigenvalue weighted by Gasteiger charge is -2.36. The van der Waals surface area contributed by atoms with Crippen LogP contribution in [0.25, 0.3) is 0 Å². The molecule has 0 saturated heterocycles. The monoisotopic (exact) mass is 344 g/mol. The second-order valence-electron chi connectivity index (χ2n) is 6.71. The number of hydrogen-bond acceptors (Lipinski definition) is 5. The van der Waals surface area contributed by atoms with Crippen molar-refractivity contribution in [1.29, 1.82) is 5.26 Å². The van der Waals surface area contributed by atoms with Crippen molar-refractivity contribution in [1.82, 2.24) is 5.43 Å². The molecule has 0 spiro atoms. The van der Waals surface area contributed by atoms with Crippen LogP contribution in [0.2, 0.25) is 0 Å². The second kappa shape index (κ2) is 6.57. The molecule has 2 heterocycles. The predicted octanol–water partition coefficient (Wildman–Crippen LogP) is 3.40. The first-order valence-electron chi connectivity index (χ1n) is 8.71. The number of nitriles is 1. The Bertz CT molecular complexity index is 899. The van der Waals surface area contributed by atoms with Crippen molar-refractivity contribution in [3.05, 3.63) is 83.2 Å². The van der Waals surface area contributed by atoms with E-state index in [1.54, 1.807) is 0 Å². The summed E-state index contributed by atoms with van der Waals surface area (Å²) in [6.45, 7) is 2.13. The number of fused-ring (bicyclic) bond motifs is 1. The minimum absolute atomic E-state index is 0.0567. The molecule has 3 N–H and O–H groups in total. The highest BCUT2D eigenvalue weighted by molar-refractivity contribution is 5.84. The van der Waals surface area contributed by atoms with Gasteiger partial charge in [-0.3, -0.25) is 5.43 Å². The first-order valence-corrected chi connectivity index (χ1v) is 8.71. The first-order chi connectivity index (χ1) is 12.7. The molecule has 0 bridgehead atoms. The molecule has 4 atom stereocenters. The number of hydrazone groups is 1. The molecule has 0 saturated carbocycles. The Morgan fingerprint density at radius 2 is 1.77 bits per heavy atom. The Morgan fingerprint density at radius 1 is 1.12 bits per heavy atom. The lowest BCUT2D eigenvalue weighted by atomic mass is 9.70. The zero-order valence-corrected chi connectivity index (χ0v) is 14.5. The second-order valence-corrected chi connectivity index (χ2v) is 6.71. The van der Waals surface area contributed by atoms with Crippen LogP contribution in [0.3, 0.4) is 0 Å². The van der Waals surface area contributed by atoms with Crippen LogP contribution < -0.4 is 11.2 Å². The topological polar surface area (TPSA) is 83.4 Å². The van der Waals surface area contributed by atoms with Gasteiger partial charge in [-0.1, -0.05) is 67.6 Å². The van der Waals surface area contributed by atoms with Gasteiger partial charge in [-0.15, -0.1) is 5.10 Å². The van der Waals surface area contributed by atoms with Crippen LogP contribution in [0.1, 0.15) is 30.0 Å². The smallest absolute Gasteiger partial charge is 0.220 e. The van der Waals surface area contributed by atoms with Crippen LogP contribution in [0.5, 0.6) is 0 Å². The van der Waals surface area contributed by atoms with E-state index in [0.717, 1.165) is 11.1 Å². The summed E-state index contributed by atoms with van der Waals surface area (Å²) in [5.74, 6) is 0.605. The maximum Gasteiger partial charge on any atom is 0.220 e. The minimum atomic E-state index is -0.116. The van der Waals surface area contributed by atoms with Gasteiger partial charge in [-0.25, -0.2) is 0 Å². The third-order valence-electron chi connectivity index (χ3n) is 5.30. The Kier molecular flexibility index (Phi) is 4.10. The van der Waals surface area contributed by atoms with Crippen molar-refractivity contribution >= 4 is 5.90 Å². The summed E-state index contributed by atoms with van der Waals surface area (Å²) in [5, 5.41) is 14.2. The number of ether oxygens (including phenoxy) is 1. The molecule has 5 heteroatoms. The summed E-state index contributed by atoms with van der Waals surface area (Å²) < 4.78 is 5.70. The molecule has 2 aromatic carbocycles. The molecule has 0 amide bonds. The van der Waals surface area contributed by atoms with Crippen molar-refractivity contribution in [2.24, 2.45) is 22.7 Å². The molecule has 2 aliphatic rings. The maximum atomic E-state index is 9.78. The molecule has 0 radical (unpaired) electrons. The molecule has 2 aromatic rings. The van der Waals surface area contributed by atoms with Crippen molar-refractivity contribution in [2.45, 2.75) is 18.9 Å². The Hall–Kier alpha value is -3.26. The molecule has 2 aliphatic heterocycles. The largest absolute Gasteiger partial charge is 0.424 e. The average molecular weight is 344 g/mol. The van der Waals surface area contributed by atoms with E-state index in [9.17, 15) is 5.26 Å². The van der Waals surface area contributed by atoms with Crippen LogP contribution in [0, 0.1) is 23.2 Å². The first kappa shape index (κ1) is 16.2. The van der Waals surface area contributed by atoms with Gasteiger partial charge in [0.2, 0.25) is 11.8 Å². The van der Waals surface area contributed by atoms with E-state index < -0.39 is 0 Å². The predicted molar refractivity (Wildman–Crippen MR) is 99.5 cm³/mol. The fourth-order valence-corrected chi connectivity index (χ4v) is 3.99. The molecular weight excluding hydrogens is 324 g/mol. The zero-order chi connectivity index (χ0) is 18.1. The number of nitrogens with zero attached hydrogens (tertiary/aromatic N) is 2. The lowest BCUT2D eigenvalue weighted by Crippen LogP contribution is -2.39. The third kappa shape index (κ3) is 2.60. The summed E-state index contributed by atoms with van der Waals surface area (Å²) in [5.41, 5.74) is 12.0. The van der Waals surface area contributed by atoms with Crippen LogP contribution in [-0.2, 0) is 4.74 Å². The van der Waals surface area contributed by atoms with E-state index in [1.807, 2.05) is 36.4 Å². The van der Waals surface area contributed by atoms with Gasteiger partial charge in [0.15, 0.2) is 0 Å². The van der Waals surface area contributed by atoms with E-state index in [0.29, 0.717) is 11.5 Å². The van der Waals surface area contributed by atoms with Gasteiger partial charge in [0, 0.05) is 5.92 Å². The van der Waals surface area contributed by atoms with Crippen LogP contribution >= 0.6 is 0 Å². The van der Waals surface area contributed by atoms with Gasteiger partial charge in [0.25, 0.3) is 0 Å². The number of allylic oxidation sites excluding steroid dienone is 1. The minimum Gasteiger partial charge on any atom is -0.424 e. The quantitative estimate of drug-likeness (QED) is 0.894.